The average molecular weight is 572 g/mol. The molecule has 0 aliphatic heterocycles. The molecule has 0 unspecified atom stereocenters. The second kappa shape index (κ2) is 14.7. The number of ketones is 1. The summed E-state index contributed by atoms with van der Waals surface area (Å²) >= 11 is 0. The smallest absolute Gasteiger partial charge is 0.309 e. The van der Waals surface area contributed by atoms with Gasteiger partial charge in [-0.05, 0) is 31.0 Å². The zero-order chi connectivity index (χ0) is 29.9. The van der Waals surface area contributed by atoms with Gasteiger partial charge in [0.15, 0.2) is 40.6 Å². The average Bonchev–Trinajstić information content (AvgIpc) is 2.96. The van der Waals surface area contributed by atoms with Crippen molar-refractivity contribution in [2.75, 3.05) is 13.9 Å². The number of halogens is 2. The van der Waals surface area contributed by atoms with Gasteiger partial charge in [-0.25, -0.2) is 13.8 Å². The monoisotopic (exact) mass is 571 g/mol. The Morgan fingerprint density at radius 1 is 1.00 bits per heavy atom. The zero-order valence-corrected chi connectivity index (χ0v) is 23.1. The van der Waals surface area contributed by atoms with E-state index < -0.39 is 54.3 Å². The van der Waals surface area contributed by atoms with E-state index in [-0.39, 0.29) is 35.8 Å². The van der Waals surface area contributed by atoms with E-state index in [9.17, 15) is 23.2 Å². The van der Waals surface area contributed by atoms with Crippen LogP contribution in [-0.4, -0.2) is 42.7 Å². The standard InChI is InChI=1S/C30H31F2NO8/c1-5-20(15-24(35)27-29(39-17-38-19(3)34)25(37-4)13-14-33-27)30(36)40-18(2)28(21-9-7-6-8-10-21)41-26-16-22(31)11-12-23(26)32/h6-14,16,18,20,28H,5,15,17H2,1-4H3/t18-,20+,28-/m0/s1. The van der Waals surface area contributed by atoms with E-state index in [1.54, 1.807) is 44.2 Å². The van der Waals surface area contributed by atoms with E-state index in [0.29, 0.717) is 5.56 Å². The maximum absolute atomic E-state index is 14.4. The highest BCUT2D eigenvalue weighted by Crippen LogP contribution is 2.33. The third-order valence-corrected chi connectivity index (χ3v) is 6.08. The minimum atomic E-state index is -0.981. The number of hydrogen-bond acceptors (Lipinski definition) is 9. The molecule has 0 fully saturated rings. The molecule has 0 amide bonds. The molecule has 11 heteroatoms. The lowest BCUT2D eigenvalue weighted by molar-refractivity contribution is -0.158. The topological polar surface area (TPSA) is 110 Å². The summed E-state index contributed by atoms with van der Waals surface area (Å²) in [7, 11) is 1.37. The van der Waals surface area contributed by atoms with Crippen LogP contribution < -0.4 is 14.2 Å². The van der Waals surface area contributed by atoms with Gasteiger partial charge in [0.05, 0.1) is 13.0 Å². The fraction of sp³-hybridized carbons (Fsp3) is 0.333. The molecule has 3 atom stereocenters. The quantitative estimate of drug-likeness (QED) is 0.138. The molecule has 3 aromatic rings. The second-order valence-corrected chi connectivity index (χ2v) is 8.99. The normalized spacial score (nSPS) is 12.9. The van der Waals surface area contributed by atoms with Gasteiger partial charge in [0.25, 0.3) is 0 Å². The van der Waals surface area contributed by atoms with Crippen LogP contribution in [0, 0.1) is 17.6 Å². The van der Waals surface area contributed by atoms with E-state index in [0.717, 1.165) is 18.2 Å². The van der Waals surface area contributed by atoms with Gasteiger partial charge >= 0.3 is 11.9 Å². The summed E-state index contributed by atoms with van der Waals surface area (Å²) < 4.78 is 55.2. The Balaban J connectivity index is 1.78. The van der Waals surface area contributed by atoms with Crippen molar-refractivity contribution in [2.45, 2.75) is 45.8 Å². The van der Waals surface area contributed by atoms with E-state index >= 15 is 0 Å². The number of aromatic nitrogens is 1. The van der Waals surface area contributed by atoms with Crippen molar-refractivity contribution in [1.29, 1.82) is 0 Å². The summed E-state index contributed by atoms with van der Waals surface area (Å²) in [6.07, 6.45) is -0.610. The minimum Gasteiger partial charge on any atom is -0.493 e. The molecule has 0 bridgehead atoms. The maximum atomic E-state index is 14.4. The van der Waals surface area contributed by atoms with Crippen LogP contribution in [0.5, 0.6) is 17.2 Å². The van der Waals surface area contributed by atoms with Gasteiger partial charge in [0.1, 0.15) is 11.9 Å². The predicted octanol–water partition coefficient (Wildman–Crippen LogP) is 5.62. The van der Waals surface area contributed by atoms with Gasteiger partial charge in [-0.3, -0.25) is 14.4 Å². The van der Waals surface area contributed by atoms with Gasteiger partial charge in [-0.1, -0.05) is 37.3 Å². The molecule has 218 valence electrons. The second-order valence-electron chi connectivity index (χ2n) is 8.99. The third-order valence-electron chi connectivity index (χ3n) is 6.08. The van der Waals surface area contributed by atoms with Gasteiger partial charge < -0.3 is 23.7 Å². The molecule has 0 aliphatic carbocycles. The van der Waals surface area contributed by atoms with Crippen LogP contribution in [0.3, 0.4) is 0 Å². The Kier molecular flexibility index (Phi) is 11.1. The predicted molar refractivity (Wildman–Crippen MR) is 143 cm³/mol. The molecular formula is C30H31F2NO8. The Hall–Kier alpha value is -4.54. The number of carbonyl (C=O) groups excluding carboxylic acids is 3. The van der Waals surface area contributed by atoms with E-state index in [2.05, 4.69) is 4.98 Å². The molecule has 0 spiro atoms. The molecule has 41 heavy (non-hydrogen) atoms. The minimum absolute atomic E-state index is 0.0347. The highest BCUT2D eigenvalue weighted by Gasteiger charge is 2.31. The number of methoxy groups -OCH3 is 1. The molecule has 1 aromatic heterocycles. The summed E-state index contributed by atoms with van der Waals surface area (Å²) in [5, 5.41) is 0. The number of ether oxygens (including phenoxy) is 5. The van der Waals surface area contributed by atoms with E-state index in [4.69, 9.17) is 23.7 Å². The number of hydrogen-bond donors (Lipinski definition) is 0. The number of nitrogens with zero attached hydrogens (tertiary/aromatic N) is 1. The van der Waals surface area contributed by atoms with Crippen molar-refractivity contribution in [3.8, 4) is 17.2 Å². The highest BCUT2D eigenvalue weighted by molar-refractivity contribution is 5.99. The van der Waals surface area contributed by atoms with Gasteiger partial charge in [-0.15, -0.1) is 0 Å². The molecule has 0 aliphatic rings. The molecular weight excluding hydrogens is 540 g/mol. The lowest BCUT2D eigenvalue weighted by Crippen LogP contribution is -2.31. The van der Waals surface area contributed by atoms with Crippen molar-refractivity contribution in [3.05, 3.63) is 83.7 Å². The van der Waals surface area contributed by atoms with Crippen molar-refractivity contribution < 1.29 is 46.8 Å². The van der Waals surface area contributed by atoms with Crippen LogP contribution in [-0.2, 0) is 19.1 Å². The first-order valence-electron chi connectivity index (χ1n) is 12.8. The van der Waals surface area contributed by atoms with Crippen LogP contribution in [0.15, 0.2) is 60.8 Å². The number of pyridine rings is 1. The van der Waals surface area contributed by atoms with E-state index in [1.807, 2.05) is 0 Å². The van der Waals surface area contributed by atoms with Gasteiger partial charge in [-0.2, -0.15) is 0 Å². The molecule has 3 rings (SSSR count). The summed E-state index contributed by atoms with van der Waals surface area (Å²) in [6, 6.07) is 13.0. The lowest BCUT2D eigenvalue weighted by Gasteiger charge is -2.27. The Bertz CT molecular complexity index is 1350. The molecule has 0 saturated heterocycles. The summed E-state index contributed by atoms with van der Waals surface area (Å²) in [5.41, 5.74) is 0.457. The molecule has 0 radical (unpaired) electrons. The third kappa shape index (κ3) is 8.47. The Morgan fingerprint density at radius 2 is 1.73 bits per heavy atom. The molecule has 2 aromatic carbocycles. The van der Waals surface area contributed by atoms with Gasteiger partial charge in [0.2, 0.25) is 6.79 Å². The van der Waals surface area contributed by atoms with Gasteiger partial charge in [0, 0.05) is 31.7 Å². The van der Waals surface area contributed by atoms with Crippen LogP contribution in [0.1, 0.15) is 55.8 Å². The number of carbonyl (C=O) groups is 3. The van der Waals surface area contributed by atoms with Crippen LogP contribution >= 0.6 is 0 Å². The molecule has 9 nitrogen and oxygen atoms in total. The largest absolute Gasteiger partial charge is 0.493 e. The van der Waals surface area contributed by atoms with Crippen LogP contribution in [0.4, 0.5) is 8.78 Å². The lowest BCUT2D eigenvalue weighted by atomic mass is 9.97. The molecule has 0 N–H and O–H groups in total. The Morgan fingerprint density at radius 3 is 2.39 bits per heavy atom. The van der Waals surface area contributed by atoms with Crippen molar-refractivity contribution in [3.63, 3.8) is 0 Å². The molecule has 0 saturated carbocycles. The van der Waals surface area contributed by atoms with Crippen molar-refractivity contribution in [2.24, 2.45) is 5.92 Å². The van der Waals surface area contributed by atoms with Crippen molar-refractivity contribution in [1.82, 2.24) is 4.98 Å². The first-order chi connectivity index (χ1) is 19.6. The summed E-state index contributed by atoms with van der Waals surface area (Å²) in [6.45, 7) is 4.01. The fourth-order valence-electron chi connectivity index (χ4n) is 3.94. The van der Waals surface area contributed by atoms with Crippen LogP contribution in [0.25, 0.3) is 0 Å². The highest BCUT2D eigenvalue weighted by atomic mass is 19.1. The fourth-order valence-corrected chi connectivity index (χ4v) is 3.94. The summed E-state index contributed by atoms with van der Waals surface area (Å²) in [5.74, 6) is -4.33. The zero-order valence-electron chi connectivity index (χ0n) is 23.1. The Labute approximate surface area is 236 Å². The first kappa shape index (κ1) is 31.0. The number of rotatable bonds is 14. The first-order valence-corrected chi connectivity index (χ1v) is 12.8. The number of benzene rings is 2. The summed E-state index contributed by atoms with van der Waals surface area (Å²) in [4.78, 5) is 41.7. The SMILES string of the molecule is CC[C@H](CC(=O)c1nccc(OC)c1OCOC(C)=O)C(=O)O[C@@H](C)[C@H](Oc1cc(F)ccc1F)c1ccccc1. The molecule has 1 heterocycles. The number of Topliss-reactive ketones (excluding diaryl/α,β-unsaturated/α-hetero) is 1. The van der Waals surface area contributed by atoms with Crippen LogP contribution in [0.2, 0.25) is 0 Å². The maximum Gasteiger partial charge on any atom is 0.309 e. The van der Waals surface area contributed by atoms with Crippen molar-refractivity contribution >= 4 is 17.7 Å². The van der Waals surface area contributed by atoms with E-state index in [1.165, 1.54) is 26.3 Å². The number of esters is 2.